The highest BCUT2D eigenvalue weighted by Crippen LogP contribution is 2.25. The summed E-state index contributed by atoms with van der Waals surface area (Å²) in [6.45, 7) is 6.41. The minimum absolute atomic E-state index is 0.111. The molecule has 1 atom stereocenters. The Morgan fingerprint density at radius 2 is 2.00 bits per heavy atom. The zero-order valence-corrected chi connectivity index (χ0v) is 10.1. The standard InChI is InChI=1S/C13H21NO/c1-9(2)7-12(14)11-6-5-10(3)13(8-11)15-4/h5-6,8-9,12H,7,14H2,1-4H3. The average molecular weight is 207 g/mol. The first-order valence-electron chi connectivity index (χ1n) is 5.44. The lowest BCUT2D eigenvalue weighted by atomic mass is 9.97. The summed E-state index contributed by atoms with van der Waals surface area (Å²) in [5, 5.41) is 0. The van der Waals surface area contributed by atoms with Crippen molar-refractivity contribution in [1.82, 2.24) is 0 Å². The summed E-state index contributed by atoms with van der Waals surface area (Å²) >= 11 is 0. The third kappa shape index (κ3) is 3.24. The van der Waals surface area contributed by atoms with E-state index in [1.807, 2.05) is 13.0 Å². The summed E-state index contributed by atoms with van der Waals surface area (Å²) in [6.07, 6.45) is 1.01. The predicted molar refractivity (Wildman–Crippen MR) is 64.1 cm³/mol. The highest BCUT2D eigenvalue weighted by Gasteiger charge is 2.10. The number of ether oxygens (including phenoxy) is 1. The Hall–Kier alpha value is -1.02. The molecule has 0 aliphatic heterocycles. The number of benzene rings is 1. The molecule has 1 aromatic carbocycles. The molecule has 1 aromatic rings. The number of hydrogen-bond donors (Lipinski definition) is 1. The maximum atomic E-state index is 6.11. The third-order valence-electron chi connectivity index (χ3n) is 2.59. The normalized spacial score (nSPS) is 12.9. The molecule has 0 radical (unpaired) electrons. The zero-order valence-electron chi connectivity index (χ0n) is 10.1. The molecule has 0 bridgehead atoms. The van der Waals surface area contributed by atoms with Gasteiger partial charge in [0.05, 0.1) is 7.11 Å². The number of methoxy groups -OCH3 is 1. The van der Waals surface area contributed by atoms with Gasteiger partial charge in [-0.25, -0.2) is 0 Å². The second-order valence-corrected chi connectivity index (χ2v) is 4.47. The first kappa shape index (κ1) is 12.1. The van der Waals surface area contributed by atoms with Crippen molar-refractivity contribution in [2.75, 3.05) is 7.11 Å². The molecule has 1 rings (SSSR count). The lowest BCUT2D eigenvalue weighted by Gasteiger charge is -2.16. The maximum absolute atomic E-state index is 6.11. The molecule has 0 spiro atoms. The fourth-order valence-corrected chi connectivity index (χ4v) is 1.71. The molecule has 0 saturated carbocycles. The minimum atomic E-state index is 0.111. The molecule has 0 aromatic heterocycles. The van der Waals surface area contributed by atoms with Crippen LogP contribution in [0, 0.1) is 12.8 Å². The van der Waals surface area contributed by atoms with Gasteiger partial charge in [0.2, 0.25) is 0 Å². The van der Waals surface area contributed by atoms with E-state index in [0.717, 1.165) is 23.3 Å². The van der Waals surface area contributed by atoms with Gasteiger partial charge in [0.25, 0.3) is 0 Å². The van der Waals surface area contributed by atoms with E-state index in [9.17, 15) is 0 Å². The van der Waals surface area contributed by atoms with E-state index in [4.69, 9.17) is 10.5 Å². The van der Waals surface area contributed by atoms with E-state index in [1.165, 1.54) is 0 Å². The van der Waals surface area contributed by atoms with Crippen LogP contribution in [0.5, 0.6) is 5.75 Å². The molecule has 0 amide bonds. The summed E-state index contributed by atoms with van der Waals surface area (Å²) < 4.78 is 5.29. The van der Waals surface area contributed by atoms with Gasteiger partial charge in [0, 0.05) is 6.04 Å². The Morgan fingerprint density at radius 3 is 2.53 bits per heavy atom. The summed E-state index contributed by atoms with van der Waals surface area (Å²) in [4.78, 5) is 0. The largest absolute Gasteiger partial charge is 0.496 e. The van der Waals surface area contributed by atoms with Crippen molar-refractivity contribution < 1.29 is 4.74 Å². The molecule has 2 heteroatoms. The quantitative estimate of drug-likeness (QED) is 0.823. The topological polar surface area (TPSA) is 35.2 Å². The molecule has 84 valence electrons. The van der Waals surface area contributed by atoms with Crippen molar-refractivity contribution in [3.63, 3.8) is 0 Å². The Morgan fingerprint density at radius 1 is 1.33 bits per heavy atom. The summed E-state index contributed by atoms with van der Waals surface area (Å²) in [6, 6.07) is 6.31. The van der Waals surface area contributed by atoms with E-state index in [2.05, 4.69) is 26.0 Å². The van der Waals surface area contributed by atoms with E-state index < -0.39 is 0 Å². The monoisotopic (exact) mass is 207 g/mol. The number of hydrogen-bond acceptors (Lipinski definition) is 2. The summed E-state index contributed by atoms with van der Waals surface area (Å²) in [5.41, 5.74) is 8.42. The molecule has 2 N–H and O–H groups in total. The minimum Gasteiger partial charge on any atom is -0.496 e. The van der Waals surface area contributed by atoms with Gasteiger partial charge in [-0.05, 0) is 36.5 Å². The van der Waals surface area contributed by atoms with Crippen LogP contribution in [0.25, 0.3) is 0 Å². The summed E-state index contributed by atoms with van der Waals surface area (Å²) in [5.74, 6) is 1.54. The highest BCUT2D eigenvalue weighted by atomic mass is 16.5. The van der Waals surface area contributed by atoms with E-state index in [1.54, 1.807) is 7.11 Å². The van der Waals surface area contributed by atoms with Crippen molar-refractivity contribution in [1.29, 1.82) is 0 Å². The molecule has 0 aliphatic carbocycles. The number of rotatable bonds is 4. The van der Waals surface area contributed by atoms with Gasteiger partial charge >= 0.3 is 0 Å². The lowest BCUT2D eigenvalue weighted by Crippen LogP contribution is -2.13. The van der Waals surface area contributed by atoms with Crippen molar-refractivity contribution in [2.45, 2.75) is 33.2 Å². The van der Waals surface area contributed by atoms with Crippen molar-refractivity contribution in [3.8, 4) is 5.75 Å². The molecule has 15 heavy (non-hydrogen) atoms. The SMILES string of the molecule is COc1cc(C(N)CC(C)C)ccc1C. The van der Waals surface area contributed by atoms with Crippen LogP contribution in [0.15, 0.2) is 18.2 Å². The second-order valence-electron chi connectivity index (χ2n) is 4.47. The van der Waals surface area contributed by atoms with Gasteiger partial charge in [-0.1, -0.05) is 26.0 Å². The molecule has 0 saturated heterocycles. The van der Waals surface area contributed by atoms with Crippen LogP contribution in [-0.2, 0) is 0 Å². The van der Waals surface area contributed by atoms with Crippen LogP contribution in [-0.4, -0.2) is 7.11 Å². The van der Waals surface area contributed by atoms with Gasteiger partial charge in [0.15, 0.2) is 0 Å². The first-order valence-corrected chi connectivity index (χ1v) is 5.44. The van der Waals surface area contributed by atoms with Crippen molar-refractivity contribution >= 4 is 0 Å². The average Bonchev–Trinajstić information content (AvgIpc) is 2.17. The number of nitrogens with two attached hydrogens (primary N) is 1. The van der Waals surface area contributed by atoms with Gasteiger partial charge in [-0.15, -0.1) is 0 Å². The Labute approximate surface area is 92.4 Å². The Balaban J connectivity index is 2.85. The van der Waals surface area contributed by atoms with Crippen molar-refractivity contribution in [3.05, 3.63) is 29.3 Å². The van der Waals surface area contributed by atoms with Crippen LogP contribution >= 0.6 is 0 Å². The van der Waals surface area contributed by atoms with Gasteiger partial charge in [-0.2, -0.15) is 0 Å². The molecule has 2 nitrogen and oxygen atoms in total. The highest BCUT2D eigenvalue weighted by molar-refractivity contribution is 5.37. The molecule has 0 heterocycles. The fraction of sp³-hybridized carbons (Fsp3) is 0.538. The van der Waals surface area contributed by atoms with E-state index in [-0.39, 0.29) is 6.04 Å². The molecule has 0 fully saturated rings. The van der Waals surface area contributed by atoms with Crippen LogP contribution in [0.1, 0.15) is 37.4 Å². The predicted octanol–water partition coefficient (Wildman–Crippen LogP) is 3.05. The molecular weight excluding hydrogens is 186 g/mol. The molecule has 0 aliphatic rings. The fourth-order valence-electron chi connectivity index (χ4n) is 1.71. The van der Waals surface area contributed by atoms with Crippen LogP contribution in [0.2, 0.25) is 0 Å². The maximum Gasteiger partial charge on any atom is 0.122 e. The van der Waals surface area contributed by atoms with Crippen molar-refractivity contribution in [2.24, 2.45) is 11.7 Å². The molecular formula is C13H21NO. The Kier molecular flexibility index (Phi) is 4.15. The van der Waals surface area contributed by atoms with Gasteiger partial charge in [-0.3, -0.25) is 0 Å². The van der Waals surface area contributed by atoms with Crippen LogP contribution in [0.3, 0.4) is 0 Å². The smallest absolute Gasteiger partial charge is 0.122 e. The van der Waals surface area contributed by atoms with Crippen LogP contribution < -0.4 is 10.5 Å². The Bertz CT molecular complexity index is 320. The second kappa shape index (κ2) is 5.17. The van der Waals surface area contributed by atoms with E-state index in [0.29, 0.717) is 5.92 Å². The number of aryl methyl sites for hydroxylation is 1. The van der Waals surface area contributed by atoms with E-state index >= 15 is 0 Å². The van der Waals surface area contributed by atoms with Gasteiger partial charge in [0.1, 0.15) is 5.75 Å². The molecule has 1 unspecified atom stereocenters. The summed E-state index contributed by atoms with van der Waals surface area (Å²) in [7, 11) is 1.69. The van der Waals surface area contributed by atoms with Crippen LogP contribution in [0.4, 0.5) is 0 Å². The first-order chi connectivity index (χ1) is 7.04. The lowest BCUT2D eigenvalue weighted by molar-refractivity contribution is 0.410. The van der Waals surface area contributed by atoms with Gasteiger partial charge < -0.3 is 10.5 Å². The zero-order chi connectivity index (χ0) is 11.4. The third-order valence-corrected chi connectivity index (χ3v) is 2.59.